The number of ether oxygens (including phenoxy) is 1. The van der Waals surface area contributed by atoms with Crippen molar-refractivity contribution in [2.24, 2.45) is 7.05 Å². The fraction of sp³-hybridized carbons (Fsp3) is 0.250. The number of amides is 1. The van der Waals surface area contributed by atoms with Gasteiger partial charge in [-0.05, 0) is 0 Å². The second kappa shape index (κ2) is 3.82. The molecule has 0 spiro atoms. The van der Waals surface area contributed by atoms with Gasteiger partial charge in [0.25, 0.3) is 0 Å². The fourth-order valence-electron chi connectivity index (χ4n) is 1.03. The Morgan fingerprint density at radius 3 is 2.64 bits per heavy atom. The lowest BCUT2D eigenvalue weighted by Crippen LogP contribution is -2.10. The zero-order valence-corrected chi connectivity index (χ0v) is 7.83. The van der Waals surface area contributed by atoms with Crippen LogP contribution in [-0.2, 0) is 11.8 Å². The van der Waals surface area contributed by atoms with Gasteiger partial charge in [0.2, 0.25) is 0 Å². The van der Waals surface area contributed by atoms with Crippen molar-refractivity contribution < 1.29 is 19.4 Å². The Kier molecular flexibility index (Phi) is 2.76. The third kappa shape index (κ3) is 2.03. The van der Waals surface area contributed by atoms with E-state index in [0.717, 1.165) is 0 Å². The van der Waals surface area contributed by atoms with Crippen LogP contribution >= 0.6 is 0 Å². The van der Waals surface area contributed by atoms with Gasteiger partial charge in [-0.15, -0.1) is 0 Å². The van der Waals surface area contributed by atoms with E-state index in [2.05, 4.69) is 10.1 Å². The Morgan fingerprint density at radius 1 is 1.57 bits per heavy atom. The first-order valence-electron chi connectivity index (χ1n) is 3.82. The van der Waals surface area contributed by atoms with E-state index in [4.69, 9.17) is 5.11 Å². The van der Waals surface area contributed by atoms with Crippen molar-refractivity contribution in [3.05, 3.63) is 18.0 Å². The number of aryl methyl sites for hydroxylation is 1. The van der Waals surface area contributed by atoms with Crippen molar-refractivity contribution in [3.8, 4) is 0 Å². The van der Waals surface area contributed by atoms with Gasteiger partial charge in [-0.2, -0.15) is 0 Å². The summed E-state index contributed by atoms with van der Waals surface area (Å²) in [7, 11) is 2.86. The van der Waals surface area contributed by atoms with E-state index >= 15 is 0 Å². The summed E-state index contributed by atoms with van der Waals surface area (Å²) in [6.45, 7) is 0. The smallest absolute Gasteiger partial charge is 0.560 e. The lowest BCUT2D eigenvalue weighted by atomic mass is 10.4. The highest BCUT2D eigenvalue weighted by Crippen LogP contribution is 2.12. The highest BCUT2D eigenvalue weighted by molar-refractivity contribution is 5.90. The van der Waals surface area contributed by atoms with Gasteiger partial charge in [-0.25, -0.2) is 4.79 Å². The molecule has 14 heavy (non-hydrogen) atoms. The summed E-state index contributed by atoms with van der Waals surface area (Å²) in [5, 5.41) is 9.29. The van der Waals surface area contributed by atoms with E-state index < -0.39 is 12.1 Å². The van der Waals surface area contributed by atoms with E-state index in [-0.39, 0.29) is 5.69 Å². The van der Waals surface area contributed by atoms with E-state index in [9.17, 15) is 9.59 Å². The average Bonchev–Trinajstić information content (AvgIpc) is 2.46. The molecule has 0 radical (unpaired) electrons. The maximum atomic E-state index is 10.8. The van der Waals surface area contributed by atoms with Crippen molar-refractivity contribution in [1.29, 1.82) is 0 Å². The Balaban J connectivity index is 2.86. The second-order valence-corrected chi connectivity index (χ2v) is 2.67. The standard InChI is InChI=1S/C8H10N2O4/c1-10-4-5(9-8(13)14-2)3-6(10)7(11)12/h3-4H,1-2H3,(H,9,13)(H,11,12)/p+1. The lowest BCUT2D eigenvalue weighted by Gasteiger charge is -1.98. The molecule has 0 aliphatic carbocycles. The molecule has 1 heterocycles. The van der Waals surface area contributed by atoms with Gasteiger partial charge in [0, 0.05) is 24.1 Å². The molecule has 6 nitrogen and oxygen atoms in total. The monoisotopic (exact) mass is 199 g/mol. The average molecular weight is 199 g/mol. The van der Waals surface area contributed by atoms with Crippen molar-refractivity contribution in [3.63, 3.8) is 0 Å². The first kappa shape index (κ1) is 10.1. The van der Waals surface area contributed by atoms with Crippen molar-refractivity contribution in [2.45, 2.75) is 0 Å². The minimum Gasteiger partial charge on any atom is -0.560 e. The van der Waals surface area contributed by atoms with Crippen LogP contribution in [0.5, 0.6) is 0 Å². The summed E-state index contributed by atoms with van der Waals surface area (Å²) in [5.41, 5.74) is 0.631. The third-order valence-corrected chi connectivity index (χ3v) is 1.67. The summed E-state index contributed by atoms with van der Waals surface area (Å²) in [5.74, 6) is -0.801. The maximum Gasteiger partial charge on any atom is 0.565 e. The minimum atomic E-state index is -0.801. The molecule has 0 aliphatic heterocycles. The molecule has 1 aromatic heterocycles. The molecule has 0 saturated carbocycles. The van der Waals surface area contributed by atoms with Crippen molar-refractivity contribution in [2.75, 3.05) is 12.4 Å². The van der Waals surface area contributed by atoms with Gasteiger partial charge < -0.3 is 14.4 Å². The number of carbonyl (C=O) groups excluding carboxylic acids is 2. The molecule has 1 amide bonds. The molecule has 0 saturated heterocycles. The maximum absolute atomic E-state index is 10.8. The molecular weight excluding hydrogens is 188 g/mol. The number of hydrogen-bond acceptors (Lipinski definition) is 3. The molecule has 1 rings (SSSR count). The van der Waals surface area contributed by atoms with Crippen molar-refractivity contribution >= 4 is 17.7 Å². The molecule has 0 atom stereocenters. The molecule has 3 N–H and O–H groups in total. The number of nitrogens with zero attached hydrogens (tertiary/aromatic N) is 1. The second-order valence-electron chi connectivity index (χ2n) is 2.67. The van der Waals surface area contributed by atoms with Crippen LogP contribution in [0.3, 0.4) is 0 Å². The third-order valence-electron chi connectivity index (χ3n) is 1.67. The summed E-state index contributed by atoms with van der Waals surface area (Å²) in [6.07, 6.45) is 0.915. The summed E-state index contributed by atoms with van der Waals surface area (Å²) in [6, 6.07) is 1.41. The molecule has 6 heteroatoms. The Hall–Kier alpha value is -1.98. The van der Waals surface area contributed by atoms with Gasteiger partial charge >= 0.3 is 12.1 Å². The fourth-order valence-corrected chi connectivity index (χ4v) is 1.03. The number of methoxy groups -OCH3 is 1. The number of nitrogens with one attached hydrogen (secondary N) is 1. The highest BCUT2D eigenvalue weighted by Gasteiger charge is 2.17. The van der Waals surface area contributed by atoms with Gasteiger partial charge in [0.15, 0.2) is 5.69 Å². The summed E-state index contributed by atoms with van der Waals surface area (Å²) < 4.78 is 5.83. The highest BCUT2D eigenvalue weighted by atomic mass is 16.5. The molecular formula is C8H11N2O4+. The molecule has 0 unspecified atom stereocenters. The summed E-state index contributed by atoms with van der Waals surface area (Å²) in [4.78, 5) is 21.5. The van der Waals surface area contributed by atoms with E-state index in [1.54, 1.807) is 7.05 Å². The Labute approximate surface area is 80.1 Å². The van der Waals surface area contributed by atoms with E-state index in [1.807, 2.05) is 0 Å². The predicted octanol–water partition coefficient (Wildman–Crippen LogP) is 0.0682. The largest absolute Gasteiger partial charge is 0.565 e. The molecule has 1 aromatic rings. The van der Waals surface area contributed by atoms with Crippen LogP contribution in [0.25, 0.3) is 0 Å². The topological polar surface area (TPSA) is 83.2 Å². The Bertz CT molecular complexity index is 369. The quantitative estimate of drug-likeness (QED) is 0.684. The molecule has 0 aliphatic rings. The van der Waals surface area contributed by atoms with Gasteiger partial charge in [-0.1, -0.05) is 0 Å². The number of aromatic nitrogens is 1. The van der Waals surface area contributed by atoms with Gasteiger partial charge in [-0.3, -0.25) is 5.32 Å². The zero-order chi connectivity index (χ0) is 10.7. The van der Waals surface area contributed by atoms with Crippen LogP contribution in [-0.4, -0.2) is 28.8 Å². The first-order valence-corrected chi connectivity index (χ1v) is 3.82. The molecule has 0 aromatic carbocycles. The van der Waals surface area contributed by atoms with Crippen LogP contribution < -0.4 is 5.32 Å². The number of anilines is 1. The molecule has 0 fully saturated rings. The van der Waals surface area contributed by atoms with E-state index in [0.29, 0.717) is 5.69 Å². The first-order chi connectivity index (χ1) is 6.54. The van der Waals surface area contributed by atoms with Crippen LogP contribution in [0.4, 0.5) is 10.5 Å². The van der Waals surface area contributed by atoms with Crippen LogP contribution in [0.1, 0.15) is 10.5 Å². The lowest BCUT2D eigenvalue weighted by molar-refractivity contribution is 0.0686. The predicted molar refractivity (Wildman–Crippen MR) is 49.4 cm³/mol. The molecule has 0 bridgehead atoms. The molecule has 76 valence electrons. The van der Waals surface area contributed by atoms with Crippen molar-refractivity contribution in [1.82, 2.24) is 4.57 Å². The SMILES string of the molecule is COC(=O)Nc1cc(C(=O)[OH2+])n(C)c1. The number of hydrogen-bond donors (Lipinski definition) is 1. The normalized spacial score (nSPS) is 9.57. The van der Waals surface area contributed by atoms with Crippen LogP contribution in [0, 0.1) is 0 Å². The van der Waals surface area contributed by atoms with Gasteiger partial charge in [0.1, 0.15) is 0 Å². The Morgan fingerprint density at radius 2 is 2.21 bits per heavy atom. The van der Waals surface area contributed by atoms with Crippen LogP contribution in [0.2, 0.25) is 0 Å². The zero-order valence-electron chi connectivity index (χ0n) is 7.83. The van der Waals surface area contributed by atoms with E-state index in [1.165, 1.54) is 23.9 Å². The summed E-state index contributed by atoms with van der Waals surface area (Å²) >= 11 is 0. The number of rotatable bonds is 2. The van der Waals surface area contributed by atoms with Gasteiger partial charge in [0.05, 0.1) is 12.8 Å². The number of carbonyl (C=O) groups is 2. The van der Waals surface area contributed by atoms with Crippen LogP contribution in [0.15, 0.2) is 12.3 Å². The minimum absolute atomic E-state index is 0.205.